The van der Waals surface area contributed by atoms with Crippen molar-refractivity contribution in [3.63, 3.8) is 0 Å². The smallest absolute Gasteiger partial charge is 0.255 e. The monoisotopic (exact) mass is 360 g/mol. The minimum atomic E-state index is -0.459. The van der Waals surface area contributed by atoms with Crippen LogP contribution < -0.4 is 14.8 Å². The van der Waals surface area contributed by atoms with Gasteiger partial charge in [-0.1, -0.05) is 18.2 Å². The fourth-order valence-electron chi connectivity index (χ4n) is 2.41. The molecule has 0 aliphatic heterocycles. The van der Waals surface area contributed by atoms with Crippen LogP contribution in [0.2, 0.25) is 0 Å². The molecule has 0 aliphatic carbocycles. The second-order valence-corrected chi connectivity index (χ2v) is 5.77. The third-order valence-corrected chi connectivity index (χ3v) is 3.74. The number of nitrogens with zero attached hydrogens (tertiary/aromatic N) is 1. The first-order valence-electron chi connectivity index (χ1n) is 7.88. The Bertz CT molecular complexity index is 821. The molecule has 0 bridgehead atoms. The van der Waals surface area contributed by atoms with E-state index in [1.807, 2.05) is 0 Å². The number of amides is 2. The van der Waals surface area contributed by atoms with Gasteiger partial charge < -0.3 is 19.7 Å². The number of ether oxygens (including phenoxy) is 2. The van der Waals surface area contributed by atoms with Gasteiger partial charge in [-0.25, -0.2) is 4.39 Å². The average molecular weight is 360 g/mol. The number of hydrogen-bond acceptors (Lipinski definition) is 4. The lowest BCUT2D eigenvalue weighted by Gasteiger charge is -2.18. The lowest BCUT2D eigenvalue weighted by Crippen LogP contribution is -2.24. The molecule has 6 nitrogen and oxygen atoms in total. The zero-order chi connectivity index (χ0) is 19.3. The number of carbonyl (C=O) groups is 2. The predicted molar refractivity (Wildman–Crippen MR) is 96.3 cm³/mol. The molecule has 0 saturated heterocycles. The van der Waals surface area contributed by atoms with Gasteiger partial charge in [0.2, 0.25) is 5.91 Å². The van der Waals surface area contributed by atoms with Crippen LogP contribution in [-0.4, -0.2) is 45.0 Å². The summed E-state index contributed by atoms with van der Waals surface area (Å²) < 4.78 is 24.2. The number of rotatable bonds is 6. The number of methoxy groups -OCH3 is 2. The van der Waals surface area contributed by atoms with Crippen LogP contribution in [0.15, 0.2) is 36.4 Å². The Balaban J connectivity index is 2.35. The van der Waals surface area contributed by atoms with Crippen molar-refractivity contribution in [3.05, 3.63) is 53.3 Å². The van der Waals surface area contributed by atoms with E-state index >= 15 is 0 Å². The maximum absolute atomic E-state index is 13.7. The van der Waals surface area contributed by atoms with Crippen LogP contribution in [0.4, 0.5) is 10.1 Å². The van der Waals surface area contributed by atoms with Crippen molar-refractivity contribution in [2.75, 3.05) is 33.6 Å². The summed E-state index contributed by atoms with van der Waals surface area (Å²) in [4.78, 5) is 26.2. The van der Waals surface area contributed by atoms with E-state index in [1.54, 1.807) is 26.2 Å². The van der Waals surface area contributed by atoms with Gasteiger partial charge in [0.1, 0.15) is 5.82 Å². The molecule has 0 saturated carbocycles. The third kappa shape index (κ3) is 4.30. The predicted octanol–water partition coefficient (Wildman–Crippen LogP) is 2.73. The Kier molecular flexibility index (Phi) is 6.16. The van der Waals surface area contributed by atoms with Gasteiger partial charge in [0.05, 0.1) is 31.9 Å². The summed E-state index contributed by atoms with van der Waals surface area (Å²) in [6.45, 7) is 0. The molecule has 138 valence electrons. The highest BCUT2D eigenvalue weighted by Gasteiger charge is 2.20. The van der Waals surface area contributed by atoms with Gasteiger partial charge in [-0.05, 0) is 17.7 Å². The molecule has 0 fully saturated rings. The van der Waals surface area contributed by atoms with Crippen molar-refractivity contribution in [1.82, 2.24) is 4.90 Å². The first kappa shape index (κ1) is 19.2. The molecular formula is C19H21FN2O4. The zero-order valence-corrected chi connectivity index (χ0v) is 15.1. The molecule has 2 rings (SSSR count). The van der Waals surface area contributed by atoms with E-state index in [-0.39, 0.29) is 29.1 Å². The van der Waals surface area contributed by atoms with Crippen molar-refractivity contribution in [2.24, 2.45) is 0 Å². The Labute approximate surface area is 151 Å². The lowest BCUT2D eigenvalue weighted by molar-refractivity contribution is -0.115. The number of nitrogens with one attached hydrogen (secondary N) is 1. The minimum Gasteiger partial charge on any atom is -0.493 e. The summed E-state index contributed by atoms with van der Waals surface area (Å²) in [7, 11) is 6.11. The SMILES string of the molecule is COc1cc(NC(=O)Cc2ccccc2F)c(C(=O)N(C)C)cc1OC. The minimum absolute atomic E-state index is 0.156. The van der Waals surface area contributed by atoms with Gasteiger partial charge in [-0.15, -0.1) is 0 Å². The quantitative estimate of drug-likeness (QED) is 0.860. The first-order chi connectivity index (χ1) is 12.4. The molecule has 2 aromatic carbocycles. The molecule has 2 amide bonds. The van der Waals surface area contributed by atoms with E-state index < -0.39 is 11.7 Å². The Morgan fingerprint density at radius 3 is 2.27 bits per heavy atom. The van der Waals surface area contributed by atoms with Gasteiger partial charge in [-0.3, -0.25) is 9.59 Å². The van der Waals surface area contributed by atoms with Gasteiger partial charge >= 0.3 is 0 Å². The summed E-state index contributed by atoms with van der Waals surface area (Å²) in [5, 5.41) is 2.66. The normalized spacial score (nSPS) is 10.2. The molecule has 0 aliphatic rings. The zero-order valence-electron chi connectivity index (χ0n) is 15.1. The summed E-state index contributed by atoms with van der Waals surface area (Å²) in [6.07, 6.45) is -0.156. The van der Waals surface area contributed by atoms with Crippen molar-refractivity contribution in [2.45, 2.75) is 6.42 Å². The first-order valence-corrected chi connectivity index (χ1v) is 7.88. The van der Waals surface area contributed by atoms with Crippen LogP contribution in [0.1, 0.15) is 15.9 Å². The number of halogens is 1. The Hall–Kier alpha value is -3.09. The topological polar surface area (TPSA) is 67.9 Å². The van der Waals surface area contributed by atoms with E-state index in [0.717, 1.165) is 0 Å². The number of benzene rings is 2. The fourth-order valence-corrected chi connectivity index (χ4v) is 2.41. The highest BCUT2D eigenvalue weighted by atomic mass is 19.1. The van der Waals surface area contributed by atoms with E-state index in [9.17, 15) is 14.0 Å². The molecule has 0 unspecified atom stereocenters. The van der Waals surface area contributed by atoms with Gasteiger partial charge in [0, 0.05) is 20.2 Å². The molecule has 0 atom stereocenters. The molecular weight excluding hydrogens is 339 g/mol. The van der Waals surface area contributed by atoms with E-state index in [4.69, 9.17) is 9.47 Å². The molecule has 7 heteroatoms. The molecule has 2 aromatic rings. The van der Waals surface area contributed by atoms with Crippen LogP contribution in [0.25, 0.3) is 0 Å². The second-order valence-electron chi connectivity index (χ2n) is 5.77. The maximum Gasteiger partial charge on any atom is 0.255 e. The highest BCUT2D eigenvalue weighted by molar-refractivity contribution is 6.04. The maximum atomic E-state index is 13.7. The summed E-state index contributed by atoms with van der Waals surface area (Å²) in [6, 6.07) is 9.05. The van der Waals surface area contributed by atoms with Gasteiger partial charge in [-0.2, -0.15) is 0 Å². The number of anilines is 1. The fraction of sp³-hybridized carbons (Fsp3) is 0.263. The van der Waals surface area contributed by atoms with Gasteiger partial charge in [0.25, 0.3) is 5.91 Å². The van der Waals surface area contributed by atoms with Crippen molar-refractivity contribution in [1.29, 1.82) is 0 Å². The Morgan fingerprint density at radius 1 is 1.08 bits per heavy atom. The third-order valence-electron chi connectivity index (χ3n) is 3.74. The molecule has 1 N–H and O–H groups in total. The van der Waals surface area contributed by atoms with Crippen LogP contribution in [0.5, 0.6) is 11.5 Å². The largest absolute Gasteiger partial charge is 0.493 e. The average Bonchev–Trinajstić information content (AvgIpc) is 2.62. The van der Waals surface area contributed by atoms with E-state index in [2.05, 4.69) is 5.32 Å². The van der Waals surface area contributed by atoms with Crippen LogP contribution in [0.3, 0.4) is 0 Å². The van der Waals surface area contributed by atoms with Crippen molar-refractivity contribution in [3.8, 4) is 11.5 Å². The van der Waals surface area contributed by atoms with Crippen LogP contribution in [0, 0.1) is 5.82 Å². The molecule has 0 heterocycles. The van der Waals surface area contributed by atoms with Crippen molar-refractivity contribution < 1.29 is 23.5 Å². The molecule has 0 radical (unpaired) electrons. The second kappa shape index (κ2) is 8.33. The standard InChI is InChI=1S/C19H21FN2O4/c1-22(2)19(24)13-10-16(25-3)17(26-4)11-15(13)21-18(23)9-12-7-5-6-8-14(12)20/h5-8,10-11H,9H2,1-4H3,(H,21,23). The van der Waals surface area contributed by atoms with Crippen LogP contribution >= 0.6 is 0 Å². The van der Waals surface area contributed by atoms with Crippen molar-refractivity contribution >= 4 is 17.5 Å². The van der Waals surface area contributed by atoms with E-state index in [1.165, 1.54) is 43.4 Å². The van der Waals surface area contributed by atoms with E-state index in [0.29, 0.717) is 11.5 Å². The van der Waals surface area contributed by atoms with Gasteiger partial charge in [0.15, 0.2) is 11.5 Å². The lowest BCUT2D eigenvalue weighted by atomic mass is 10.1. The number of carbonyl (C=O) groups excluding carboxylic acids is 2. The number of hydrogen-bond donors (Lipinski definition) is 1. The summed E-state index contributed by atoms with van der Waals surface area (Å²) in [5.41, 5.74) is 0.781. The summed E-state index contributed by atoms with van der Waals surface area (Å²) >= 11 is 0. The molecule has 26 heavy (non-hydrogen) atoms. The summed E-state index contributed by atoms with van der Waals surface area (Å²) in [5.74, 6) is -0.490. The molecule has 0 spiro atoms. The van der Waals surface area contributed by atoms with Crippen LogP contribution in [-0.2, 0) is 11.2 Å². The molecule has 0 aromatic heterocycles. The Morgan fingerprint density at radius 2 is 1.69 bits per heavy atom. The highest BCUT2D eigenvalue weighted by Crippen LogP contribution is 2.34.